The summed E-state index contributed by atoms with van der Waals surface area (Å²) in [6, 6.07) is 10.8. The molecule has 3 rings (SSSR count). The maximum Gasteiger partial charge on any atom is 0.418 e. The molecule has 0 aliphatic carbocycles. The fourth-order valence-corrected chi connectivity index (χ4v) is 3.11. The van der Waals surface area contributed by atoms with Gasteiger partial charge in [0, 0.05) is 24.2 Å². The van der Waals surface area contributed by atoms with Crippen molar-refractivity contribution in [3.05, 3.63) is 65.2 Å². The van der Waals surface area contributed by atoms with Gasteiger partial charge in [0.05, 0.1) is 11.3 Å². The van der Waals surface area contributed by atoms with E-state index in [0.29, 0.717) is 18.7 Å². The van der Waals surface area contributed by atoms with Crippen LogP contribution in [0.1, 0.15) is 45.5 Å². The van der Waals surface area contributed by atoms with Crippen molar-refractivity contribution in [2.75, 3.05) is 18.4 Å². The zero-order valence-corrected chi connectivity index (χ0v) is 14.6. The number of amides is 2. The minimum absolute atomic E-state index is 0.134. The number of benzene rings is 2. The van der Waals surface area contributed by atoms with Crippen molar-refractivity contribution in [3.63, 3.8) is 0 Å². The zero-order valence-electron chi connectivity index (χ0n) is 14.6. The number of carbonyl (C=O) groups is 2. The first kappa shape index (κ1) is 18.9. The van der Waals surface area contributed by atoms with Crippen molar-refractivity contribution >= 4 is 17.5 Å². The first-order valence-electron chi connectivity index (χ1n) is 8.73. The summed E-state index contributed by atoms with van der Waals surface area (Å²) in [5.41, 5.74) is -0.745. The number of halogens is 3. The predicted octanol–water partition coefficient (Wildman–Crippen LogP) is 4.58. The largest absolute Gasteiger partial charge is 0.418 e. The molecule has 1 saturated heterocycles. The van der Waals surface area contributed by atoms with Crippen LogP contribution < -0.4 is 5.32 Å². The number of para-hydroxylation sites is 1. The van der Waals surface area contributed by atoms with Crippen LogP contribution in [0, 0.1) is 0 Å². The standard InChI is InChI=1S/C20H19F3N2O2/c21-20(22,23)16-9-2-3-10-17(16)24-18(26)14-7-6-8-15(13-14)19(27)25-11-4-1-5-12-25/h2-3,6-10,13H,1,4-5,11-12H2,(H,24,26). The quantitative estimate of drug-likeness (QED) is 0.852. The fourth-order valence-electron chi connectivity index (χ4n) is 3.11. The minimum Gasteiger partial charge on any atom is -0.339 e. The van der Waals surface area contributed by atoms with Crippen LogP contribution in [0.5, 0.6) is 0 Å². The number of rotatable bonds is 3. The Morgan fingerprint density at radius 3 is 2.26 bits per heavy atom. The van der Waals surface area contributed by atoms with Crippen LogP contribution in [0.25, 0.3) is 0 Å². The number of nitrogens with one attached hydrogen (secondary N) is 1. The van der Waals surface area contributed by atoms with Crippen molar-refractivity contribution in [2.24, 2.45) is 0 Å². The summed E-state index contributed by atoms with van der Waals surface area (Å²) in [5, 5.41) is 2.30. The van der Waals surface area contributed by atoms with Gasteiger partial charge in [-0.25, -0.2) is 0 Å². The molecule has 1 N–H and O–H groups in total. The maximum absolute atomic E-state index is 13.1. The molecule has 0 spiro atoms. The lowest BCUT2D eigenvalue weighted by Crippen LogP contribution is -2.35. The molecule has 142 valence electrons. The molecule has 27 heavy (non-hydrogen) atoms. The van der Waals surface area contributed by atoms with Gasteiger partial charge in [0.2, 0.25) is 0 Å². The van der Waals surface area contributed by atoms with E-state index >= 15 is 0 Å². The van der Waals surface area contributed by atoms with Crippen LogP contribution in [0.3, 0.4) is 0 Å². The number of hydrogen-bond donors (Lipinski definition) is 1. The summed E-state index contributed by atoms with van der Waals surface area (Å²) in [6.07, 6.45) is -1.60. The Balaban J connectivity index is 1.79. The minimum atomic E-state index is -4.57. The average Bonchev–Trinajstić information content (AvgIpc) is 2.68. The van der Waals surface area contributed by atoms with E-state index in [1.165, 1.54) is 30.3 Å². The van der Waals surface area contributed by atoms with Gasteiger partial charge in [0.25, 0.3) is 11.8 Å². The number of likely N-dealkylation sites (tertiary alicyclic amines) is 1. The SMILES string of the molecule is O=C(Nc1ccccc1C(F)(F)F)c1cccc(C(=O)N2CCCCC2)c1. The predicted molar refractivity (Wildman–Crippen MR) is 95.6 cm³/mol. The van der Waals surface area contributed by atoms with Crippen LogP contribution in [0.2, 0.25) is 0 Å². The Bertz CT molecular complexity index is 843. The molecule has 1 heterocycles. The van der Waals surface area contributed by atoms with E-state index in [9.17, 15) is 22.8 Å². The first-order chi connectivity index (χ1) is 12.9. The second kappa shape index (κ2) is 7.82. The zero-order chi connectivity index (χ0) is 19.4. The molecule has 2 aromatic rings. The van der Waals surface area contributed by atoms with Gasteiger partial charge in [-0.15, -0.1) is 0 Å². The van der Waals surface area contributed by atoms with Crippen molar-refractivity contribution < 1.29 is 22.8 Å². The Labute approximate surface area is 155 Å². The maximum atomic E-state index is 13.1. The number of anilines is 1. The van der Waals surface area contributed by atoms with Crippen LogP contribution in [-0.2, 0) is 6.18 Å². The van der Waals surface area contributed by atoms with Crippen LogP contribution in [0.15, 0.2) is 48.5 Å². The lowest BCUT2D eigenvalue weighted by molar-refractivity contribution is -0.136. The number of piperidine rings is 1. The Morgan fingerprint density at radius 1 is 0.889 bits per heavy atom. The highest BCUT2D eigenvalue weighted by atomic mass is 19.4. The number of alkyl halides is 3. The summed E-state index contributed by atoms with van der Waals surface area (Å²) >= 11 is 0. The molecule has 1 fully saturated rings. The molecule has 0 radical (unpaired) electrons. The van der Waals surface area contributed by atoms with Crippen molar-refractivity contribution in [2.45, 2.75) is 25.4 Å². The lowest BCUT2D eigenvalue weighted by atomic mass is 10.1. The van der Waals surface area contributed by atoms with Crippen molar-refractivity contribution in [1.29, 1.82) is 0 Å². The second-order valence-electron chi connectivity index (χ2n) is 6.43. The average molecular weight is 376 g/mol. The van der Waals surface area contributed by atoms with Gasteiger partial charge >= 0.3 is 6.18 Å². The third-order valence-corrected chi connectivity index (χ3v) is 4.50. The van der Waals surface area contributed by atoms with Crippen LogP contribution in [-0.4, -0.2) is 29.8 Å². The molecule has 4 nitrogen and oxygen atoms in total. The number of carbonyl (C=O) groups excluding carboxylic acids is 2. The molecule has 1 aliphatic heterocycles. The van der Waals surface area contributed by atoms with Gasteiger partial charge in [0.15, 0.2) is 0 Å². The van der Waals surface area contributed by atoms with Crippen molar-refractivity contribution in [3.8, 4) is 0 Å². The third kappa shape index (κ3) is 4.48. The fraction of sp³-hybridized carbons (Fsp3) is 0.300. The second-order valence-corrected chi connectivity index (χ2v) is 6.43. The van der Waals surface area contributed by atoms with Gasteiger partial charge in [0.1, 0.15) is 0 Å². The summed E-state index contributed by atoms with van der Waals surface area (Å²) in [5.74, 6) is -0.861. The van der Waals surface area contributed by atoms with Gasteiger partial charge in [-0.05, 0) is 49.6 Å². The highest BCUT2D eigenvalue weighted by Crippen LogP contribution is 2.34. The molecule has 7 heteroatoms. The van der Waals surface area contributed by atoms with Crippen LogP contribution in [0.4, 0.5) is 18.9 Å². The van der Waals surface area contributed by atoms with Gasteiger partial charge < -0.3 is 10.2 Å². The summed E-state index contributed by atoms with van der Waals surface area (Å²) in [7, 11) is 0. The molecular weight excluding hydrogens is 357 g/mol. The molecule has 0 saturated carbocycles. The molecule has 2 aromatic carbocycles. The highest BCUT2D eigenvalue weighted by molar-refractivity contribution is 6.06. The van der Waals surface area contributed by atoms with E-state index in [1.54, 1.807) is 17.0 Å². The topological polar surface area (TPSA) is 49.4 Å². The van der Waals surface area contributed by atoms with Crippen LogP contribution >= 0.6 is 0 Å². The summed E-state index contributed by atoms with van der Waals surface area (Å²) in [6.45, 7) is 1.35. The molecule has 0 bridgehead atoms. The van der Waals surface area contributed by atoms with E-state index < -0.39 is 17.6 Å². The van der Waals surface area contributed by atoms with E-state index in [4.69, 9.17) is 0 Å². The first-order valence-corrected chi connectivity index (χ1v) is 8.73. The monoisotopic (exact) mass is 376 g/mol. The van der Waals surface area contributed by atoms with E-state index in [-0.39, 0.29) is 17.2 Å². The van der Waals surface area contributed by atoms with E-state index in [2.05, 4.69) is 5.32 Å². The normalized spacial score (nSPS) is 14.7. The smallest absolute Gasteiger partial charge is 0.339 e. The molecule has 2 amide bonds. The van der Waals surface area contributed by atoms with Gasteiger partial charge in [-0.2, -0.15) is 13.2 Å². The number of hydrogen-bond acceptors (Lipinski definition) is 2. The summed E-state index contributed by atoms with van der Waals surface area (Å²) < 4.78 is 39.2. The number of nitrogens with zero attached hydrogens (tertiary/aromatic N) is 1. The molecule has 0 atom stereocenters. The molecule has 0 unspecified atom stereocenters. The molecular formula is C20H19F3N2O2. The highest BCUT2D eigenvalue weighted by Gasteiger charge is 2.33. The lowest BCUT2D eigenvalue weighted by Gasteiger charge is -2.26. The Morgan fingerprint density at radius 2 is 1.56 bits per heavy atom. The van der Waals surface area contributed by atoms with Crippen molar-refractivity contribution in [1.82, 2.24) is 4.90 Å². The molecule has 0 aromatic heterocycles. The summed E-state index contributed by atoms with van der Waals surface area (Å²) in [4.78, 5) is 26.7. The third-order valence-electron chi connectivity index (χ3n) is 4.50. The van der Waals surface area contributed by atoms with E-state index in [1.807, 2.05) is 0 Å². The Hall–Kier alpha value is -2.83. The van der Waals surface area contributed by atoms with E-state index in [0.717, 1.165) is 25.3 Å². The molecule has 1 aliphatic rings. The Kier molecular flexibility index (Phi) is 5.48. The van der Waals surface area contributed by atoms with Gasteiger partial charge in [-0.3, -0.25) is 9.59 Å². The van der Waals surface area contributed by atoms with Gasteiger partial charge in [-0.1, -0.05) is 18.2 Å².